The quantitative estimate of drug-likeness (QED) is 0.586. The van der Waals surface area contributed by atoms with Gasteiger partial charge in [0.25, 0.3) is 0 Å². The Hall–Kier alpha value is -3.36. The molecule has 0 aliphatic heterocycles. The van der Waals surface area contributed by atoms with Gasteiger partial charge in [0.1, 0.15) is 0 Å². The molecule has 0 bridgehead atoms. The molecule has 140 valence electrons. The van der Waals surface area contributed by atoms with E-state index in [9.17, 15) is 22.4 Å². The third-order valence-corrected chi connectivity index (χ3v) is 3.37. The van der Waals surface area contributed by atoms with E-state index < -0.39 is 30.3 Å². The number of alkyl halides is 4. The summed E-state index contributed by atoms with van der Waals surface area (Å²) in [5.74, 6) is -1.10. The van der Waals surface area contributed by atoms with Crippen LogP contribution in [-0.2, 0) is 0 Å². The Bertz CT molecular complexity index is 1030. The van der Waals surface area contributed by atoms with Crippen LogP contribution in [0.1, 0.15) is 11.5 Å². The number of aromatic nitrogens is 1. The summed E-state index contributed by atoms with van der Waals surface area (Å²) in [7, 11) is 0. The number of halogens is 4. The molecule has 0 saturated carbocycles. The lowest BCUT2D eigenvalue weighted by Gasteiger charge is -2.12. The second-order valence-electron chi connectivity index (χ2n) is 5.15. The maximum Gasteiger partial charge on any atom is 0.387 e. The Balaban J connectivity index is 1.91. The molecule has 0 unspecified atom stereocenters. The molecule has 0 spiro atoms. The highest BCUT2D eigenvalue weighted by atomic mass is 19.3. The smallest absolute Gasteiger partial charge is 0.387 e. The van der Waals surface area contributed by atoms with E-state index in [0.29, 0.717) is 16.5 Å². The van der Waals surface area contributed by atoms with Crippen molar-refractivity contribution < 1.29 is 31.5 Å². The number of hydrogen-bond donors (Lipinski definition) is 0. The lowest BCUT2D eigenvalue weighted by molar-refractivity contribution is -0.0692. The maximum atomic E-state index is 12.5. The van der Waals surface area contributed by atoms with Gasteiger partial charge in [-0.3, -0.25) is 0 Å². The monoisotopic (exact) mass is 381 g/mol. The van der Waals surface area contributed by atoms with Gasteiger partial charge in [0.05, 0.1) is 10.9 Å². The standard InChI is InChI=1S/C18H11F4NO4/c19-17(20)25-13-7-5-10(9-14(13)26-18(21)22)6-8-15-23-12-4-2-1-3-11(12)16(24)27-15/h1-9,17-18H. The summed E-state index contributed by atoms with van der Waals surface area (Å²) in [5.41, 5.74) is 0.156. The highest BCUT2D eigenvalue weighted by Gasteiger charge is 2.15. The second-order valence-corrected chi connectivity index (χ2v) is 5.15. The molecule has 0 aliphatic rings. The Kier molecular flexibility index (Phi) is 5.39. The fourth-order valence-electron chi connectivity index (χ4n) is 2.28. The molecule has 0 radical (unpaired) electrons. The summed E-state index contributed by atoms with van der Waals surface area (Å²) in [4.78, 5) is 16.1. The minimum Gasteiger partial charge on any atom is -0.431 e. The average Bonchev–Trinajstić information content (AvgIpc) is 2.61. The first-order valence-electron chi connectivity index (χ1n) is 7.54. The second kappa shape index (κ2) is 7.90. The number of ether oxygens (including phenoxy) is 2. The number of fused-ring (bicyclic) bond motifs is 1. The molecule has 3 rings (SSSR count). The van der Waals surface area contributed by atoms with Gasteiger partial charge in [0.15, 0.2) is 11.5 Å². The van der Waals surface area contributed by atoms with Gasteiger partial charge in [-0.15, -0.1) is 0 Å². The normalized spacial score (nSPS) is 11.6. The van der Waals surface area contributed by atoms with Crippen molar-refractivity contribution in [3.8, 4) is 11.5 Å². The topological polar surface area (TPSA) is 61.6 Å². The van der Waals surface area contributed by atoms with Gasteiger partial charge in [0, 0.05) is 6.08 Å². The predicted molar refractivity (Wildman–Crippen MR) is 88.9 cm³/mol. The van der Waals surface area contributed by atoms with E-state index in [4.69, 9.17) is 4.42 Å². The summed E-state index contributed by atoms with van der Waals surface area (Å²) >= 11 is 0. The van der Waals surface area contributed by atoms with Gasteiger partial charge >= 0.3 is 18.8 Å². The zero-order valence-corrected chi connectivity index (χ0v) is 13.4. The van der Waals surface area contributed by atoms with Crippen LogP contribution in [0.15, 0.2) is 51.7 Å². The molecule has 1 heterocycles. The fourth-order valence-corrected chi connectivity index (χ4v) is 2.28. The van der Waals surface area contributed by atoms with Gasteiger partial charge in [-0.25, -0.2) is 9.78 Å². The van der Waals surface area contributed by atoms with Crippen molar-refractivity contribution in [2.45, 2.75) is 13.2 Å². The molecule has 0 amide bonds. The Morgan fingerprint density at radius 3 is 2.37 bits per heavy atom. The molecule has 9 heteroatoms. The zero-order valence-electron chi connectivity index (χ0n) is 13.4. The molecule has 0 atom stereocenters. The number of hydrogen-bond acceptors (Lipinski definition) is 5. The summed E-state index contributed by atoms with van der Waals surface area (Å²) in [5, 5.41) is 0.316. The highest BCUT2D eigenvalue weighted by Crippen LogP contribution is 2.31. The van der Waals surface area contributed by atoms with E-state index in [1.54, 1.807) is 24.3 Å². The number of nitrogens with zero attached hydrogens (tertiary/aromatic N) is 1. The zero-order chi connectivity index (χ0) is 19.4. The molecule has 0 aliphatic carbocycles. The van der Waals surface area contributed by atoms with Gasteiger partial charge in [-0.05, 0) is 35.9 Å². The number of benzene rings is 2. The van der Waals surface area contributed by atoms with Crippen molar-refractivity contribution in [3.05, 3.63) is 64.3 Å². The van der Waals surface area contributed by atoms with Crippen molar-refractivity contribution in [1.82, 2.24) is 4.98 Å². The van der Waals surface area contributed by atoms with Crippen LogP contribution in [0.5, 0.6) is 11.5 Å². The van der Waals surface area contributed by atoms with Gasteiger partial charge < -0.3 is 13.9 Å². The first-order chi connectivity index (χ1) is 12.9. The first kappa shape index (κ1) is 18.4. The molecular formula is C18H11F4NO4. The third-order valence-electron chi connectivity index (χ3n) is 3.37. The summed E-state index contributed by atoms with van der Waals surface area (Å²) in [6.07, 6.45) is 2.73. The Morgan fingerprint density at radius 1 is 0.926 bits per heavy atom. The molecular weight excluding hydrogens is 370 g/mol. The van der Waals surface area contributed by atoms with Crippen LogP contribution < -0.4 is 15.1 Å². The largest absolute Gasteiger partial charge is 0.431 e. The highest BCUT2D eigenvalue weighted by molar-refractivity contribution is 5.78. The average molecular weight is 381 g/mol. The third kappa shape index (κ3) is 4.63. The van der Waals surface area contributed by atoms with Crippen molar-refractivity contribution in [1.29, 1.82) is 0 Å². The summed E-state index contributed by atoms with van der Waals surface area (Å²) in [6, 6.07) is 10.1. The lowest BCUT2D eigenvalue weighted by Crippen LogP contribution is -2.07. The number of para-hydroxylation sites is 1. The minimum atomic E-state index is -3.22. The Morgan fingerprint density at radius 2 is 1.63 bits per heavy atom. The molecule has 5 nitrogen and oxygen atoms in total. The summed E-state index contributed by atoms with van der Waals surface area (Å²) < 4.78 is 63.0. The summed E-state index contributed by atoms with van der Waals surface area (Å²) in [6.45, 7) is -6.41. The van der Waals surface area contributed by atoms with E-state index in [0.717, 1.165) is 12.1 Å². The molecule has 27 heavy (non-hydrogen) atoms. The van der Waals surface area contributed by atoms with Crippen LogP contribution >= 0.6 is 0 Å². The predicted octanol–water partition coefficient (Wildman–Crippen LogP) is 4.56. The number of rotatable bonds is 6. The van der Waals surface area contributed by atoms with Gasteiger partial charge in [-0.1, -0.05) is 18.2 Å². The first-order valence-corrected chi connectivity index (χ1v) is 7.54. The lowest BCUT2D eigenvalue weighted by atomic mass is 10.2. The molecule has 3 aromatic rings. The van der Waals surface area contributed by atoms with E-state index in [1.165, 1.54) is 18.2 Å². The molecule has 0 N–H and O–H groups in total. The fraction of sp³-hybridized carbons (Fsp3) is 0.111. The van der Waals surface area contributed by atoms with Crippen LogP contribution in [0.3, 0.4) is 0 Å². The molecule has 0 saturated heterocycles. The van der Waals surface area contributed by atoms with Crippen LogP contribution in [0.4, 0.5) is 17.6 Å². The Labute approximate surface area is 149 Å². The van der Waals surface area contributed by atoms with E-state index in [2.05, 4.69) is 14.5 Å². The van der Waals surface area contributed by atoms with Crippen LogP contribution in [0.25, 0.3) is 23.1 Å². The molecule has 1 aromatic heterocycles. The van der Waals surface area contributed by atoms with Gasteiger partial charge in [-0.2, -0.15) is 17.6 Å². The van der Waals surface area contributed by atoms with E-state index in [-0.39, 0.29) is 5.89 Å². The molecule has 2 aromatic carbocycles. The van der Waals surface area contributed by atoms with Crippen LogP contribution in [-0.4, -0.2) is 18.2 Å². The van der Waals surface area contributed by atoms with E-state index in [1.807, 2.05) is 0 Å². The van der Waals surface area contributed by atoms with Crippen molar-refractivity contribution in [2.75, 3.05) is 0 Å². The molecule has 0 fully saturated rings. The van der Waals surface area contributed by atoms with E-state index >= 15 is 0 Å². The SMILES string of the molecule is O=c1oc(C=Cc2ccc(OC(F)F)c(OC(F)F)c2)nc2ccccc12. The van der Waals surface area contributed by atoms with Crippen molar-refractivity contribution in [2.24, 2.45) is 0 Å². The minimum absolute atomic E-state index is 0.0112. The van der Waals surface area contributed by atoms with Crippen molar-refractivity contribution >= 4 is 23.1 Å². The van der Waals surface area contributed by atoms with Crippen molar-refractivity contribution in [3.63, 3.8) is 0 Å². The van der Waals surface area contributed by atoms with Gasteiger partial charge in [0.2, 0.25) is 5.89 Å². The van der Waals surface area contributed by atoms with Crippen LogP contribution in [0.2, 0.25) is 0 Å². The van der Waals surface area contributed by atoms with Crippen LogP contribution in [0, 0.1) is 0 Å². The maximum absolute atomic E-state index is 12.5.